The topological polar surface area (TPSA) is 74.3 Å². The second-order valence-electron chi connectivity index (χ2n) is 7.35. The van der Waals surface area contributed by atoms with Gasteiger partial charge in [0.05, 0.1) is 27.4 Å². The first-order chi connectivity index (χ1) is 14.0. The van der Waals surface area contributed by atoms with E-state index in [1.165, 1.54) is 0 Å². The molecule has 0 saturated carbocycles. The van der Waals surface area contributed by atoms with Crippen molar-refractivity contribution in [3.63, 3.8) is 0 Å². The molecule has 2 aliphatic rings. The summed E-state index contributed by atoms with van der Waals surface area (Å²) in [7, 11) is 3.17. The van der Waals surface area contributed by atoms with Crippen LogP contribution in [0.4, 0.5) is 0 Å². The van der Waals surface area contributed by atoms with Crippen LogP contribution in [-0.4, -0.2) is 57.3 Å². The summed E-state index contributed by atoms with van der Waals surface area (Å²) in [6, 6.07) is 0. The Labute approximate surface area is 171 Å². The molecule has 7 heteroatoms. The van der Waals surface area contributed by atoms with Crippen LogP contribution in [0.5, 0.6) is 11.5 Å². The van der Waals surface area contributed by atoms with Crippen molar-refractivity contribution in [1.82, 2.24) is 4.90 Å². The molecule has 0 atom stereocenters. The lowest BCUT2D eigenvalue weighted by molar-refractivity contribution is -0.135. The number of rotatable bonds is 7. The normalized spacial score (nSPS) is 16.5. The number of benzene rings is 1. The van der Waals surface area contributed by atoms with Crippen LogP contribution in [0.15, 0.2) is 11.6 Å². The van der Waals surface area contributed by atoms with Crippen LogP contribution in [0.2, 0.25) is 0 Å². The number of fused-ring (bicyclic) bond motifs is 1. The number of nitrogens with zero attached hydrogens (tertiary/aromatic N) is 1. The highest BCUT2D eigenvalue weighted by Gasteiger charge is 2.32. The number of esters is 1. The molecule has 1 saturated heterocycles. The number of methoxy groups -OCH3 is 2. The summed E-state index contributed by atoms with van der Waals surface area (Å²) in [6.45, 7) is 6.74. The molecule has 7 nitrogen and oxygen atoms in total. The average molecular weight is 403 g/mol. The second kappa shape index (κ2) is 9.31. The van der Waals surface area contributed by atoms with Crippen LogP contribution in [0.3, 0.4) is 0 Å². The molecule has 158 valence electrons. The maximum Gasteiger partial charge on any atom is 0.342 e. The van der Waals surface area contributed by atoms with Gasteiger partial charge in [0.2, 0.25) is 5.91 Å². The first-order valence-corrected chi connectivity index (χ1v) is 9.92. The van der Waals surface area contributed by atoms with E-state index in [1.807, 2.05) is 18.7 Å². The van der Waals surface area contributed by atoms with Crippen LogP contribution in [0.25, 0.3) is 0 Å². The van der Waals surface area contributed by atoms with Crippen molar-refractivity contribution in [1.29, 1.82) is 0 Å². The molecule has 0 aliphatic carbocycles. The molecule has 0 unspecified atom stereocenters. The van der Waals surface area contributed by atoms with E-state index in [-0.39, 0.29) is 18.5 Å². The third kappa shape index (κ3) is 4.40. The van der Waals surface area contributed by atoms with E-state index in [4.69, 9.17) is 18.9 Å². The van der Waals surface area contributed by atoms with Gasteiger partial charge in [0.1, 0.15) is 23.7 Å². The molecular weight excluding hydrogens is 374 g/mol. The fourth-order valence-electron chi connectivity index (χ4n) is 3.89. The van der Waals surface area contributed by atoms with Crippen LogP contribution in [0, 0.1) is 6.92 Å². The van der Waals surface area contributed by atoms with E-state index in [0.29, 0.717) is 62.6 Å². The third-order valence-electron chi connectivity index (χ3n) is 5.58. The molecule has 0 spiro atoms. The van der Waals surface area contributed by atoms with E-state index >= 15 is 0 Å². The Bertz CT molecular complexity index is 823. The minimum Gasteiger partial charge on any atom is -0.496 e. The largest absolute Gasteiger partial charge is 0.496 e. The van der Waals surface area contributed by atoms with Gasteiger partial charge in [0.15, 0.2) is 0 Å². The number of amides is 1. The Morgan fingerprint density at radius 2 is 1.83 bits per heavy atom. The average Bonchev–Trinajstić information content (AvgIpc) is 3.13. The highest BCUT2D eigenvalue weighted by molar-refractivity contribution is 5.98. The molecule has 0 bridgehead atoms. The zero-order valence-corrected chi connectivity index (χ0v) is 17.6. The first-order valence-electron chi connectivity index (χ1n) is 9.92. The van der Waals surface area contributed by atoms with E-state index in [2.05, 4.69) is 6.08 Å². The number of ether oxygens (including phenoxy) is 4. The van der Waals surface area contributed by atoms with Gasteiger partial charge in [0, 0.05) is 30.6 Å². The predicted molar refractivity (Wildman–Crippen MR) is 107 cm³/mol. The molecule has 2 heterocycles. The van der Waals surface area contributed by atoms with Crippen molar-refractivity contribution >= 4 is 11.9 Å². The molecule has 0 N–H and O–H groups in total. The number of allylic oxidation sites excluding steroid dienone is 2. The summed E-state index contributed by atoms with van der Waals surface area (Å²) in [4.78, 5) is 26.4. The maximum absolute atomic E-state index is 12.3. The molecule has 1 aromatic rings. The molecule has 1 aromatic carbocycles. The van der Waals surface area contributed by atoms with Gasteiger partial charge in [-0.05, 0) is 32.3 Å². The molecule has 0 radical (unpaired) electrons. The lowest BCUT2D eigenvalue weighted by Crippen LogP contribution is -2.40. The van der Waals surface area contributed by atoms with E-state index in [9.17, 15) is 9.59 Å². The number of morpholine rings is 1. The minimum absolute atomic E-state index is 0.160. The van der Waals surface area contributed by atoms with Gasteiger partial charge >= 0.3 is 5.97 Å². The van der Waals surface area contributed by atoms with Gasteiger partial charge in [-0.1, -0.05) is 11.6 Å². The van der Waals surface area contributed by atoms with Crippen molar-refractivity contribution in [2.24, 2.45) is 0 Å². The van der Waals surface area contributed by atoms with Gasteiger partial charge in [-0.3, -0.25) is 4.79 Å². The van der Waals surface area contributed by atoms with E-state index in [1.54, 1.807) is 14.2 Å². The number of carbonyl (C=O) groups is 2. The zero-order chi connectivity index (χ0) is 21.0. The summed E-state index contributed by atoms with van der Waals surface area (Å²) in [5.41, 5.74) is 4.15. The Morgan fingerprint density at radius 3 is 2.48 bits per heavy atom. The Balaban J connectivity index is 1.75. The van der Waals surface area contributed by atoms with Crippen LogP contribution in [-0.2, 0) is 27.3 Å². The summed E-state index contributed by atoms with van der Waals surface area (Å²) in [6.07, 6.45) is 3.78. The van der Waals surface area contributed by atoms with E-state index < -0.39 is 0 Å². The molecule has 1 amide bonds. The Hall–Kier alpha value is -2.54. The van der Waals surface area contributed by atoms with Gasteiger partial charge < -0.3 is 23.8 Å². The minimum atomic E-state index is -0.360. The smallest absolute Gasteiger partial charge is 0.342 e. The highest BCUT2D eigenvalue weighted by Crippen LogP contribution is 2.42. The summed E-state index contributed by atoms with van der Waals surface area (Å²) in [5, 5.41) is 0. The lowest BCUT2D eigenvalue weighted by Gasteiger charge is -2.26. The molecule has 2 aliphatic heterocycles. The predicted octanol–water partition coefficient (Wildman–Crippen LogP) is 2.81. The quantitative estimate of drug-likeness (QED) is 0.515. The summed E-state index contributed by atoms with van der Waals surface area (Å²) < 4.78 is 21.7. The van der Waals surface area contributed by atoms with Crippen molar-refractivity contribution in [3.8, 4) is 11.5 Å². The maximum atomic E-state index is 12.3. The molecule has 0 aromatic heterocycles. The number of carbonyl (C=O) groups excluding carboxylic acids is 2. The summed E-state index contributed by atoms with van der Waals surface area (Å²) >= 11 is 0. The number of hydrogen-bond acceptors (Lipinski definition) is 6. The standard InChI is InChI=1S/C22H29NO6/c1-14(6-8-18(24)23-9-11-28-12-10-23)5-7-16-20(26-3)15(2)17-13-29-22(25)19(17)21(16)27-4/h5H,6-13H2,1-4H3. The second-order valence-corrected chi connectivity index (χ2v) is 7.35. The van der Waals surface area contributed by atoms with Crippen LogP contribution < -0.4 is 9.47 Å². The fraction of sp³-hybridized carbons (Fsp3) is 0.545. The van der Waals surface area contributed by atoms with Crippen molar-refractivity contribution in [3.05, 3.63) is 33.9 Å². The van der Waals surface area contributed by atoms with Crippen molar-refractivity contribution < 1.29 is 28.5 Å². The lowest BCUT2D eigenvalue weighted by atomic mass is 9.94. The van der Waals surface area contributed by atoms with Crippen molar-refractivity contribution in [2.45, 2.75) is 39.7 Å². The van der Waals surface area contributed by atoms with Gasteiger partial charge in [-0.25, -0.2) is 4.79 Å². The third-order valence-corrected chi connectivity index (χ3v) is 5.58. The van der Waals surface area contributed by atoms with Crippen LogP contribution >= 0.6 is 0 Å². The highest BCUT2D eigenvalue weighted by atomic mass is 16.5. The Morgan fingerprint density at radius 1 is 1.14 bits per heavy atom. The SMILES string of the molecule is COc1c(C)c2c(c(OC)c1CC=C(C)CCC(=O)N1CCOCC1)C(=O)OC2. The Kier molecular flexibility index (Phi) is 6.79. The van der Waals surface area contributed by atoms with Gasteiger partial charge in [0.25, 0.3) is 0 Å². The molecule has 3 rings (SSSR count). The first kappa shape index (κ1) is 21.2. The van der Waals surface area contributed by atoms with Crippen LogP contribution in [0.1, 0.15) is 46.8 Å². The van der Waals surface area contributed by atoms with Gasteiger partial charge in [-0.15, -0.1) is 0 Å². The number of hydrogen-bond donors (Lipinski definition) is 0. The molecule has 29 heavy (non-hydrogen) atoms. The van der Waals surface area contributed by atoms with E-state index in [0.717, 1.165) is 22.3 Å². The molecule has 1 fully saturated rings. The monoisotopic (exact) mass is 403 g/mol. The zero-order valence-electron chi connectivity index (χ0n) is 17.6. The van der Waals surface area contributed by atoms with Gasteiger partial charge in [-0.2, -0.15) is 0 Å². The summed E-state index contributed by atoms with van der Waals surface area (Å²) in [5.74, 6) is 1.03. The fourth-order valence-corrected chi connectivity index (χ4v) is 3.89. The van der Waals surface area contributed by atoms with Crippen molar-refractivity contribution in [2.75, 3.05) is 40.5 Å². The molecular formula is C22H29NO6. The number of cyclic esters (lactones) is 1.